The van der Waals surface area contributed by atoms with Crippen LogP contribution in [0.15, 0.2) is 59.6 Å². The lowest BCUT2D eigenvalue weighted by Gasteiger charge is -2.42. The number of carbonyl (C=O) groups is 1. The van der Waals surface area contributed by atoms with Crippen molar-refractivity contribution in [3.8, 4) is 0 Å². The fraction of sp³-hybridized carbons (Fsp3) is 0.360. The average Bonchev–Trinajstić information content (AvgIpc) is 3.17. The van der Waals surface area contributed by atoms with Crippen molar-refractivity contribution >= 4 is 17.4 Å². The van der Waals surface area contributed by atoms with E-state index in [0.29, 0.717) is 35.8 Å². The highest BCUT2D eigenvalue weighted by Crippen LogP contribution is 2.34. The van der Waals surface area contributed by atoms with Crippen LogP contribution in [-0.4, -0.2) is 41.7 Å². The zero-order chi connectivity index (χ0) is 24.0. The number of nitrogens with one attached hydrogen (secondary N) is 3. The number of benzene rings is 1. The molecule has 1 saturated heterocycles. The first kappa shape index (κ1) is 22.3. The number of rotatable bonds is 4. The van der Waals surface area contributed by atoms with Gasteiger partial charge in [0.1, 0.15) is 17.5 Å². The molecule has 2 atom stereocenters. The molecule has 0 aliphatic carbocycles. The number of halogens is 2. The lowest BCUT2D eigenvalue weighted by Crippen LogP contribution is -2.48. The van der Waals surface area contributed by atoms with Gasteiger partial charge in [-0.3, -0.25) is 4.79 Å². The van der Waals surface area contributed by atoms with Crippen molar-refractivity contribution in [2.24, 2.45) is 5.41 Å². The second kappa shape index (κ2) is 8.39. The molecule has 1 unspecified atom stereocenters. The molecule has 7 nitrogen and oxygen atoms in total. The highest BCUT2D eigenvalue weighted by atomic mass is 19.1. The zero-order valence-electron chi connectivity index (χ0n) is 19.0. The van der Waals surface area contributed by atoms with Gasteiger partial charge >= 0.3 is 0 Å². The Morgan fingerprint density at radius 2 is 1.97 bits per heavy atom. The molecule has 0 radical (unpaired) electrons. The molecule has 0 spiro atoms. The summed E-state index contributed by atoms with van der Waals surface area (Å²) in [5, 5.41) is 19.2. The van der Waals surface area contributed by atoms with E-state index in [0.717, 1.165) is 12.2 Å². The highest BCUT2D eigenvalue weighted by molar-refractivity contribution is 6.02. The van der Waals surface area contributed by atoms with Crippen LogP contribution in [0.5, 0.6) is 0 Å². The molecule has 4 heterocycles. The number of pyridine rings is 1. The van der Waals surface area contributed by atoms with E-state index in [4.69, 9.17) is 0 Å². The van der Waals surface area contributed by atoms with E-state index in [1.807, 2.05) is 26.0 Å². The molecule has 0 saturated carbocycles. The molecule has 1 fully saturated rings. The van der Waals surface area contributed by atoms with Crippen molar-refractivity contribution in [3.05, 3.63) is 76.8 Å². The van der Waals surface area contributed by atoms with Gasteiger partial charge in [-0.05, 0) is 36.8 Å². The first-order valence-corrected chi connectivity index (χ1v) is 11.3. The summed E-state index contributed by atoms with van der Waals surface area (Å²) < 4.78 is 28.9. The Labute approximate surface area is 196 Å². The molecule has 1 aromatic carbocycles. The molecule has 1 aromatic heterocycles. The van der Waals surface area contributed by atoms with Crippen molar-refractivity contribution < 1.29 is 18.7 Å². The van der Waals surface area contributed by atoms with Crippen LogP contribution in [0, 0.1) is 17.0 Å². The Hall–Kier alpha value is -3.46. The number of nitrogens with zero attached hydrogens (tertiary/aromatic N) is 2. The van der Waals surface area contributed by atoms with Gasteiger partial charge in [-0.15, -0.1) is 0 Å². The molecule has 3 aliphatic heterocycles. The van der Waals surface area contributed by atoms with Crippen molar-refractivity contribution in [1.82, 2.24) is 15.6 Å². The van der Waals surface area contributed by atoms with Crippen molar-refractivity contribution in [2.45, 2.75) is 32.4 Å². The number of aromatic nitrogens is 1. The molecule has 178 valence electrons. The molecule has 0 bridgehead atoms. The van der Waals surface area contributed by atoms with Crippen molar-refractivity contribution in [1.29, 1.82) is 0 Å². The van der Waals surface area contributed by atoms with Crippen LogP contribution in [0.1, 0.15) is 31.9 Å². The van der Waals surface area contributed by atoms with Gasteiger partial charge in [-0.2, -0.15) is 0 Å². The van der Waals surface area contributed by atoms with E-state index in [9.17, 15) is 18.7 Å². The van der Waals surface area contributed by atoms with Crippen LogP contribution in [0.3, 0.4) is 0 Å². The standard InChI is InChI=1S/C25H27F2N5O2/c1-25(2)13-32(9-8-20(25)33)14-6-7-21(28-11-14)31-18-10-17(22-15(26)4-3-5-16(22)27)30-19-12-29-24(34)23(18)19/h3-7,10-11,17,20,30,33H,8-9,12-13H2,1-2H3,(H,28,31)(H,29,34)/t17?,20-/m1/s1. The average molecular weight is 468 g/mol. The third-order valence-electron chi connectivity index (χ3n) is 6.75. The van der Waals surface area contributed by atoms with Crippen LogP contribution < -0.4 is 20.9 Å². The predicted octanol–water partition coefficient (Wildman–Crippen LogP) is 2.98. The number of aliphatic hydroxyl groups excluding tert-OH is 1. The van der Waals surface area contributed by atoms with Gasteiger partial charge in [0.25, 0.3) is 5.91 Å². The Balaban J connectivity index is 1.40. The number of amides is 1. The van der Waals surface area contributed by atoms with Crippen LogP contribution in [0.2, 0.25) is 0 Å². The predicted molar refractivity (Wildman–Crippen MR) is 125 cm³/mol. The second-order valence-corrected chi connectivity index (χ2v) is 9.62. The van der Waals surface area contributed by atoms with Gasteiger partial charge in [0.05, 0.1) is 41.8 Å². The zero-order valence-corrected chi connectivity index (χ0v) is 19.0. The van der Waals surface area contributed by atoms with Gasteiger partial charge in [0, 0.05) is 29.8 Å². The first-order valence-electron chi connectivity index (χ1n) is 11.3. The SMILES string of the molecule is CC1(C)CN(c2ccc(NC3=CC(c4c(F)cccc4F)NC4=C3C(=O)NC4)nc2)CC[C@H]1O. The fourth-order valence-electron chi connectivity index (χ4n) is 4.79. The largest absolute Gasteiger partial charge is 0.392 e. The molecule has 5 rings (SSSR count). The van der Waals surface area contributed by atoms with Gasteiger partial charge < -0.3 is 26.0 Å². The van der Waals surface area contributed by atoms with Gasteiger partial charge in [0.2, 0.25) is 0 Å². The Kier molecular flexibility index (Phi) is 5.51. The van der Waals surface area contributed by atoms with Crippen LogP contribution >= 0.6 is 0 Å². The molecular weight excluding hydrogens is 440 g/mol. The third kappa shape index (κ3) is 4.00. The van der Waals surface area contributed by atoms with E-state index in [1.54, 1.807) is 12.3 Å². The van der Waals surface area contributed by atoms with Crippen LogP contribution in [-0.2, 0) is 4.79 Å². The highest BCUT2D eigenvalue weighted by Gasteiger charge is 2.35. The Bertz CT molecular complexity index is 1170. The third-order valence-corrected chi connectivity index (χ3v) is 6.75. The molecule has 9 heteroatoms. The maximum atomic E-state index is 14.4. The number of piperidine rings is 1. The fourth-order valence-corrected chi connectivity index (χ4v) is 4.79. The van der Waals surface area contributed by atoms with Crippen LogP contribution in [0.25, 0.3) is 0 Å². The minimum atomic E-state index is -0.781. The summed E-state index contributed by atoms with van der Waals surface area (Å²) in [5.41, 5.74) is 2.04. The van der Waals surface area contributed by atoms with E-state index >= 15 is 0 Å². The summed E-state index contributed by atoms with van der Waals surface area (Å²) in [7, 11) is 0. The minimum Gasteiger partial charge on any atom is -0.392 e. The van der Waals surface area contributed by atoms with E-state index in [-0.39, 0.29) is 29.5 Å². The topological polar surface area (TPSA) is 89.5 Å². The van der Waals surface area contributed by atoms with Crippen molar-refractivity contribution in [2.75, 3.05) is 29.9 Å². The Morgan fingerprint density at radius 1 is 1.21 bits per heavy atom. The lowest BCUT2D eigenvalue weighted by atomic mass is 9.81. The number of anilines is 2. The van der Waals surface area contributed by atoms with Crippen molar-refractivity contribution in [3.63, 3.8) is 0 Å². The number of dihydropyridines is 1. The van der Waals surface area contributed by atoms with E-state index in [1.165, 1.54) is 18.2 Å². The monoisotopic (exact) mass is 467 g/mol. The van der Waals surface area contributed by atoms with E-state index < -0.39 is 17.7 Å². The summed E-state index contributed by atoms with van der Waals surface area (Å²) in [6.07, 6.45) is 3.70. The summed E-state index contributed by atoms with van der Waals surface area (Å²) in [6.45, 7) is 5.80. The maximum Gasteiger partial charge on any atom is 0.255 e. The number of aliphatic hydroxyl groups is 1. The minimum absolute atomic E-state index is 0.106. The maximum absolute atomic E-state index is 14.4. The lowest BCUT2D eigenvalue weighted by molar-refractivity contribution is -0.116. The van der Waals surface area contributed by atoms with Gasteiger partial charge in [-0.1, -0.05) is 19.9 Å². The molecule has 2 aromatic rings. The molecule has 4 N–H and O–H groups in total. The number of hydrogen-bond donors (Lipinski definition) is 4. The summed E-state index contributed by atoms with van der Waals surface area (Å²) in [4.78, 5) is 19.1. The summed E-state index contributed by atoms with van der Waals surface area (Å²) >= 11 is 0. The number of hydrogen-bond acceptors (Lipinski definition) is 6. The van der Waals surface area contributed by atoms with Crippen LogP contribution in [0.4, 0.5) is 20.3 Å². The number of carbonyl (C=O) groups excluding carboxylic acids is 1. The smallest absolute Gasteiger partial charge is 0.255 e. The molecule has 1 amide bonds. The van der Waals surface area contributed by atoms with Gasteiger partial charge in [-0.25, -0.2) is 13.8 Å². The first-order chi connectivity index (χ1) is 16.2. The quantitative estimate of drug-likeness (QED) is 0.553. The second-order valence-electron chi connectivity index (χ2n) is 9.62. The van der Waals surface area contributed by atoms with E-state index in [2.05, 4.69) is 25.8 Å². The molecule has 3 aliphatic rings. The Morgan fingerprint density at radius 3 is 2.65 bits per heavy atom. The summed E-state index contributed by atoms with van der Waals surface area (Å²) in [5.74, 6) is -1.08. The van der Waals surface area contributed by atoms with Gasteiger partial charge in [0.15, 0.2) is 0 Å². The summed E-state index contributed by atoms with van der Waals surface area (Å²) in [6, 6.07) is 6.70. The molecule has 34 heavy (non-hydrogen) atoms. The normalized spacial score (nSPS) is 23.7. The molecular formula is C25H27F2N5O2.